The number of carbonyl (C=O) groups excluding carboxylic acids is 4. The molecule has 0 saturated carbocycles. The Morgan fingerprint density at radius 2 is 1.67 bits per heavy atom. The van der Waals surface area contributed by atoms with Gasteiger partial charge in [-0.1, -0.05) is 30.3 Å². The first-order chi connectivity index (χ1) is 10.0. The number of hydrogen-bond donors (Lipinski definition) is 3. The van der Waals surface area contributed by atoms with Crippen molar-refractivity contribution >= 4 is 23.9 Å². The summed E-state index contributed by atoms with van der Waals surface area (Å²) < 4.78 is 0. The minimum absolute atomic E-state index is 0.124. The predicted molar refractivity (Wildman–Crippen MR) is 71.9 cm³/mol. The quantitative estimate of drug-likeness (QED) is 0.642. The molecule has 0 aliphatic carbocycles. The van der Waals surface area contributed by atoms with Gasteiger partial charge in [0, 0.05) is 6.54 Å². The number of urea groups is 2. The monoisotopic (exact) mass is 290 g/mol. The van der Waals surface area contributed by atoms with Gasteiger partial charge in [0.1, 0.15) is 6.54 Å². The molecule has 8 heteroatoms. The smallest absolute Gasteiger partial charge is 0.324 e. The molecule has 0 bridgehead atoms. The maximum Gasteiger partial charge on any atom is 0.324 e. The zero-order valence-electron chi connectivity index (χ0n) is 11.1. The summed E-state index contributed by atoms with van der Waals surface area (Å²) in [5.41, 5.74) is 1.03. The van der Waals surface area contributed by atoms with Crippen molar-refractivity contribution in [3.8, 4) is 0 Å². The largest absolute Gasteiger partial charge is 0.329 e. The lowest BCUT2D eigenvalue weighted by molar-refractivity contribution is -0.119. The number of imide groups is 2. The molecule has 2 heterocycles. The number of benzene rings is 1. The average molecular weight is 290 g/mol. The lowest BCUT2D eigenvalue weighted by Crippen LogP contribution is -2.27. The molecule has 1 aromatic carbocycles. The van der Waals surface area contributed by atoms with Crippen LogP contribution in [0.25, 0.3) is 0 Å². The zero-order valence-corrected chi connectivity index (χ0v) is 11.1. The topological polar surface area (TPSA) is 108 Å². The van der Waals surface area contributed by atoms with Gasteiger partial charge in [-0.05, 0) is 5.56 Å². The second-order valence-electron chi connectivity index (χ2n) is 4.43. The fourth-order valence-corrected chi connectivity index (χ4v) is 1.79. The van der Waals surface area contributed by atoms with Crippen LogP contribution in [0, 0.1) is 0 Å². The molecular weight excluding hydrogens is 276 g/mol. The molecular formula is C13H14N4O4. The summed E-state index contributed by atoms with van der Waals surface area (Å²) in [6.45, 7) is 0.769. The van der Waals surface area contributed by atoms with Crippen LogP contribution in [-0.2, 0) is 16.1 Å². The lowest BCUT2D eigenvalue weighted by atomic mass is 10.2. The first-order valence-corrected chi connectivity index (χ1v) is 6.25. The molecule has 2 fully saturated rings. The summed E-state index contributed by atoms with van der Waals surface area (Å²) in [7, 11) is 0. The number of amides is 6. The van der Waals surface area contributed by atoms with Gasteiger partial charge in [0.15, 0.2) is 0 Å². The molecule has 2 saturated heterocycles. The van der Waals surface area contributed by atoms with Crippen LogP contribution in [0.4, 0.5) is 9.59 Å². The van der Waals surface area contributed by atoms with Gasteiger partial charge in [-0.3, -0.25) is 20.2 Å². The molecule has 1 aromatic rings. The molecule has 2 aliphatic rings. The third kappa shape index (κ3) is 4.30. The fraction of sp³-hybridized carbons (Fsp3) is 0.231. The van der Waals surface area contributed by atoms with Crippen LogP contribution in [0.2, 0.25) is 0 Å². The molecule has 0 unspecified atom stereocenters. The summed E-state index contributed by atoms with van der Waals surface area (Å²) in [6.07, 6.45) is 0. The third-order valence-corrected chi connectivity index (χ3v) is 2.75. The third-order valence-electron chi connectivity index (χ3n) is 2.75. The van der Waals surface area contributed by atoms with E-state index in [1.54, 1.807) is 0 Å². The van der Waals surface area contributed by atoms with Gasteiger partial charge in [-0.2, -0.15) is 0 Å². The van der Waals surface area contributed by atoms with Crippen molar-refractivity contribution in [3.05, 3.63) is 35.9 Å². The molecule has 0 radical (unpaired) electrons. The van der Waals surface area contributed by atoms with E-state index in [1.165, 1.54) is 4.90 Å². The highest BCUT2D eigenvalue weighted by Crippen LogP contribution is 2.07. The van der Waals surface area contributed by atoms with Crippen LogP contribution in [0.15, 0.2) is 30.3 Å². The Balaban J connectivity index is 0.000000194. The first kappa shape index (κ1) is 14.5. The Hall–Kier alpha value is -2.90. The standard InChI is InChI=1S/C10H10N2O2.C3H4N2O2/c13-9-7-12(10(14)11-9)6-8-4-2-1-3-5-8;6-2-1-4-3(7)5-2/h1-5H,6-7H2,(H,11,13,14);1H2,(H2,4,5,6,7). The summed E-state index contributed by atoms with van der Waals surface area (Å²) in [5.74, 6) is -0.490. The van der Waals surface area contributed by atoms with E-state index in [0.717, 1.165) is 5.56 Å². The number of rotatable bonds is 2. The van der Waals surface area contributed by atoms with Crippen molar-refractivity contribution in [2.75, 3.05) is 13.1 Å². The average Bonchev–Trinajstić information content (AvgIpc) is 2.97. The van der Waals surface area contributed by atoms with Gasteiger partial charge in [0.2, 0.25) is 11.8 Å². The van der Waals surface area contributed by atoms with Crippen molar-refractivity contribution in [2.24, 2.45) is 0 Å². The Morgan fingerprint density at radius 1 is 0.952 bits per heavy atom. The van der Waals surface area contributed by atoms with E-state index in [-0.39, 0.29) is 30.9 Å². The summed E-state index contributed by atoms with van der Waals surface area (Å²) in [4.78, 5) is 43.6. The summed E-state index contributed by atoms with van der Waals surface area (Å²) >= 11 is 0. The van der Waals surface area contributed by atoms with Crippen LogP contribution < -0.4 is 16.0 Å². The van der Waals surface area contributed by atoms with E-state index in [0.29, 0.717) is 6.54 Å². The molecule has 0 aromatic heterocycles. The van der Waals surface area contributed by atoms with Crippen molar-refractivity contribution < 1.29 is 19.2 Å². The molecule has 110 valence electrons. The Morgan fingerprint density at radius 3 is 2.10 bits per heavy atom. The van der Waals surface area contributed by atoms with E-state index >= 15 is 0 Å². The minimum atomic E-state index is -0.398. The maximum absolute atomic E-state index is 11.2. The second-order valence-corrected chi connectivity index (χ2v) is 4.43. The predicted octanol–water partition coefficient (Wildman–Crippen LogP) is -0.436. The fourth-order valence-electron chi connectivity index (χ4n) is 1.79. The van der Waals surface area contributed by atoms with Crippen molar-refractivity contribution in [2.45, 2.75) is 6.54 Å². The van der Waals surface area contributed by atoms with Crippen molar-refractivity contribution in [3.63, 3.8) is 0 Å². The number of carbonyl (C=O) groups is 4. The molecule has 21 heavy (non-hydrogen) atoms. The number of nitrogens with one attached hydrogen (secondary N) is 3. The molecule has 0 atom stereocenters. The second kappa shape index (κ2) is 6.51. The number of hydrogen-bond acceptors (Lipinski definition) is 4. The van der Waals surface area contributed by atoms with Crippen molar-refractivity contribution in [1.29, 1.82) is 0 Å². The highest BCUT2D eigenvalue weighted by atomic mass is 16.2. The minimum Gasteiger partial charge on any atom is -0.329 e. The van der Waals surface area contributed by atoms with E-state index in [1.807, 2.05) is 35.6 Å². The summed E-state index contributed by atoms with van der Waals surface area (Å²) in [6, 6.07) is 8.88. The molecule has 3 rings (SSSR count). The van der Waals surface area contributed by atoms with Gasteiger partial charge < -0.3 is 10.2 Å². The highest BCUT2D eigenvalue weighted by Gasteiger charge is 2.26. The molecule has 6 amide bonds. The Labute approximate surface area is 120 Å². The van der Waals surface area contributed by atoms with Gasteiger partial charge in [0.05, 0.1) is 6.54 Å². The van der Waals surface area contributed by atoms with Gasteiger partial charge in [-0.15, -0.1) is 0 Å². The van der Waals surface area contributed by atoms with Crippen LogP contribution in [0.1, 0.15) is 5.56 Å². The summed E-state index contributed by atoms with van der Waals surface area (Å²) in [5, 5.41) is 6.53. The van der Waals surface area contributed by atoms with Crippen LogP contribution >= 0.6 is 0 Å². The van der Waals surface area contributed by atoms with E-state index in [2.05, 4.69) is 10.6 Å². The van der Waals surface area contributed by atoms with E-state index in [4.69, 9.17) is 0 Å². The van der Waals surface area contributed by atoms with E-state index in [9.17, 15) is 19.2 Å². The molecule has 0 spiro atoms. The van der Waals surface area contributed by atoms with Gasteiger partial charge in [-0.25, -0.2) is 9.59 Å². The van der Waals surface area contributed by atoms with Gasteiger partial charge >= 0.3 is 12.1 Å². The van der Waals surface area contributed by atoms with Crippen molar-refractivity contribution in [1.82, 2.24) is 20.9 Å². The SMILES string of the molecule is O=C1CN(Cc2ccccc2)C(=O)N1.O=C1CNC(=O)N1. The van der Waals surface area contributed by atoms with Gasteiger partial charge in [0.25, 0.3) is 0 Å². The zero-order chi connectivity index (χ0) is 15.2. The molecule has 2 aliphatic heterocycles. The normalized spacial score (nSPS) is 16.9. The van der Waals surface area contributed by atoms with Crippen LogP contribution in [-0.4, -0.2) is 41.9 Å². The molecule has 8 nitrogen and oxygen atoms in total. The first-order valence-electron chi connectivity index (χ1n) is 6.25. The lowest BCUT2D eigenvalue weighted by Gasteiger charge is -2.12. The highest BCUT2D eigenvalue weighted by molar-refractivity contribution is 6.02. The van der Waals surface area contributed by atoms with E-state index < -0.39 is 6.03 Å². The van der Waals surface area contributed by atoms with Crippen LogP contribution in [0.3, 0.4) is 0 Å². The molecule has 3 N–H and O–H groups in total. The Bertz CT molecular complexity index is 559. The Kier molecular flexibility index (Phi) is 4.50. The maximum atomic E-state index is 11.2. The van der Waals surface area contributed by atoms with Crippen LogP contribution in [0.5, 0.6) is 0 Å². The number of nitrogens with zero attached hydrogens (tertiary/aromatic N) is 1.